The highest BCUT2D eigenvalue weighted by Gasteiger charge is 2.20. The van der Waals surface area contributed by atoms with E-state index < -0.39 is 0 Å². The molecule has 266 valence electrons. The number of aromatic nitrogens is 4. The van der Waals surface area contributed by atoms with Gasteiger partial charge in [-0.15, -0.1) is 0 Å². The van der Waals surface area contributed by atoms with Crippen molar-refractivity contribution in [3.63, 3.8) is 0 Å². The van der Waals surface area contributed by atoms with Crippen molar-refractivity contribution in [1.29, 1.82) is 0 Å². The van der Waals surface area contributed by atoms with E-state index in [-0.39, 0.29) is 0 Å². The highest BCUT2D eigenvalue weighted by atomic mass is 16.3. The summed E-state index contributed by atoms with van der Waals surface area (Å²) in [5, 5.41) is 6.44. The Bertz CT molecular complexity index is 3530. The van der Waals surface area contributed by atoms with Crippen LogP contribution >= 0.6 is 0 Å². The van der Waals surface area contributed by atoms with E-state index in [4.69, 9.17) is 23.8 Å². The van der Waals surface area contributed by atoms with Crippen LogP contribution in [0.1, 0.15) is 0 Å². The number of furan rings is 2. The summed E-state index contributed by atoms with van der Waals surface area (Å²) in [5.41, 5.74) is 11.7. The average Bonchev–Trinajstić information content (AvgIpc) is 3.95. The molecule has 0 amide bonds. The third-order valence-electron chi connectivity index (χ3n) is 11.1. The predicted octanol–water partition coefficient (Wildman–Crippen LogP) is 13.4. The fraction of sp³-hybridized carbons (Fsp3) is 0. The minimum atomic E-state index is 0.592. The third kappa shape index (κ3) is 5.01. The first-order valence-corrected chi connectivity index (χ1v) is 19.0. The summed E-state index contributed by atoms with van der Waals surface area (Å²) in [5.74, 6) is 1.80. The summed E-state index contributed by atoms with van der Waals surface area (Å²) in [6, 6.07) is 62.8. The number of benzene rings is 8. The SMILES string of the molecule is c1ccc(-c2ccc3oc4ccc(-n5c6ccccc6c6cc(-c7nc(-c8ccccc8)nc(-c8cccc9oc%10ccccc%10c89)n7)ccc65)cc4c3c2)cc1. The van der Waals surface area contributed by atoms with Gasteiger partial charge in [0.1, 0.15) is 22.3 Å². The van der Waals surface area contributed by atoms with Crippen LogP contribution in [0.2, 0.25) is 0 Å². The van der Waals surface area contributed by atoms with Crippen LogP contribution in [-0.2, 0) is 0 Å². The monoisotopic (exact) mass is 730 g/mol. The molecule has 0 radical (unpaired) electrons. The summed E-state index contributed by atoms with van der Waals surface area (Å²) < 4.78 is 14.9. The fourth-order valence-electron chi connectivity index (χ4n) is 8.41. The van der Waals surface area contributed by atoms with Crippen molar-refractivity contribution in [1.82, 2.24) is 19.5 Å². The topological polar surface area (TPSA) is 69.9 Å². The Labute approximate surface area is 325 Å². The third-order valence-corrected chi connectivity index (χ3v) is 11.1. The van der Waals surface area contributed by atoms with Crippen LogP contribution in [0.3, 0.4) is 0 Å². The largest absolute Gasteiger partial charge is 0.456 e. The molecule has 4 aromatic heterocycles. The van der Waals surface area contributed by atoms with Gasteiger partial charge in [0.25, 0.3) is 0 Å². The molecular formula is C51H30N4O2. The van der Waals surface area contributed by atoms with Crippen molar-refractivity contribution in [3.8, 4) is 51.0 Å². The molecular weight excluding hydrogens is 701 g/mol. The predicted molar refractivity (Wildman–Crippen MR) is 230 cm³/mol. The molecule has 0 aliphatic carbocycles. The van der Waals surface area contributed by atoms with Gasteiger partial charge in [0.2, 0.25) is 0 Å². The van der Waals surface area contributed by atoms with Crippen LogP contribution in [0.25, 0.3) is 117 Å². The Morgan fingerprint density at radius 3 is 1.75 bits per heavy atom. The van der Waals surface area contributed by atoms with Gasteiger partial charge in [-0.2, -0.15) is 0 Å². The van der Waals surface area contributed by atoms with Crippen LogP contribution in [0.15, 0.2) is 191 Å². The number of rotatable bonds is 5. The van der Waals surface area contributed by atoms with E-state index in [1.165, 1.54) is 5.56 Å². The lowest BCUT2D eigenvalue weighted by molar-refractivity contribution is 0.668. The van der Waals surface area contributed by atoms with E-state index >= 15 is 0 Å². The van der Waals surface area contributed by atoms with Gasteiger partial charge in [0.05, 0.1) is 11.0 Å². The highest BCUT2D eigenvalue weighted by molar-refractivity contribution is 6.13. The van der Waals surface area contributed by atoms with Gasteiger partial charge in [-0.3, -0.25) is 0 Å². The lowest BCUT2D eigenvalue weighted by Crippen LogP contribution is -2.00. The molecule has 0 fully saturated rings. The van der Waals surface area contributed by atoms with Gasteiger partial charge >= 0.3 is 0 Å². The van der Waals surface area contributed by atoms with Crippen LogP contribution in [-0.4, -0.2) is 19.5 Å². The molecule has 4 heterocycles. The molecule has 0 unspecified atom stereocenters. The van der Waals surface area contributed by atoms with Crippen LogP contribution in [0.5, 0.6) is 0 Å². The van der Waals surface area contributed by atoms with E-state index in [0.29, 0.717) is 17.5 Å². The Morgan fingerprint density at radius 1 is 0.333 bits per heavy atom. The Morgan fingerprint density at radius 2 is 0.912 bits per heavy atom. The molecule has 6 heteroatoms. The maximum Gasteiger partial charge on any atom is 0.164 e. The van der Waals surface area contributed by atoms with Crippen molar-refractivity contribution >= 4 is 65.7 Å². The normalized spacial score (nSPS) is 11.9. The molecule has 0 saturated heterocycles. The molecule has 6 nitrogen and oxygen atoms in total. The number of nitrogens with zero attached hydrogens (tertiary/aromatic N) is 4. The lowest BCUT2D eigenvalue weighted by atomic mass is 10.0. The fourth-order valence-corrected chi connectivity index (χ4v) is 8.41. The zero-order valence-corrected chi connectivity index (χ0v) is 30.4. The molecule has 0 spiro atoms. The zero-order chi connectivity index (χ0) is 37.5. The smallest absolute Gasteiger partial charge is 0.164 e. The van der Waals surface area contributed by atoms with Crippen LogP contribution in [0.4, 0.5) is 0 Å². The van der Waals surface area contributed by atoms with Gasteiger partial charge in [0, 0.05) is 54.7 Å². The standard InChI is InChI=1S/C51H30N4O2/c1-3-12-31(13-4-1)33-23-26-45-40(28-33)41-30-35(24-27-46(41)56-45)55-42-19-9-7-16-36(42)39-29-34(22-25-43(39)55)50-52-49(32-14-5-2-6-15-32)53-51(54-50)38-18-11-21-47-48(38)37-17-8-10-20-44(37)57-47/h1-30H. The first kappa shape index (κ1) is 31.5. The quantitative estimate of drug-likeness (QED) is 0.176. The minimum Gasteiger partial charge on any atom is -0.456 e. The van der Waals surface area contributed by atoms with Crippen molar-refractivity contribution in [2.45, 2.75) is 0 Å². The molecule has 0 saturated carbocycles. The molecule has 57 heavy (non-hydrogen) atoms. The highest BCUT2D eigenvalue weighted by Crippen LogP contribution is 2.40. The number of hydrogen-bond acceptors (Lipinski definition) is 5. The second kappa shape index (κ2) is 12.3. The summed E-state index contributed by atoms with van der Waals surface area (Å²) >= 11 is 0. The number of fused-ring (bicyclic) bond motifs is 9. The van der Waals surface area contributed by atoms with E-state index in [0.717, 1.165) is 93.6 Å². The van der Waals surface area contributed by atoms with E-state index in [1.54, 1.807) is 0 Å². The second-order valence-electron chi connectivity index (χ2n) is 14.4. The number of hydrogen-bond donors (Lipinski definition) is 0. The molecule has 0 N–H and O–H groups in total. The maximum atomic E-state index is 6.35. The molecule has 0 aliphatic heterocycles. The van der Waals surface area contributed by atoms with Crippen molar-refractivity contribution < 1.29 is 8.83 Å². The van der Waals surface area contributed by atoms with Crippen molar-refractivity contribution in [3.05, 3.63) is 182 Å². The lowest BCUT2D eigenvalue weighted by Gasteiger charge is -2.10. The molecule has 0 atom stereocenters. The summed E-state index contributed by atoms with van der Waals surface area (Å²) in [6.45, 7) is 0. The number of para-hydroxylation sites is 2. The summed E-state index contributed by atoms with van der Waals surface area (Å²) in [4.78, 5) is 15.4. The van der Waals surface area contributed by atoms with Crippen molar-refractivity contribution in [2.24, 2.45) is 0 Å². The first-order valence-electron chi connectivity index (χ1n) is 19.0. The van der Waals surface area contributed by atoms with E-state index in [9.17, 15) is 0 Å². The molecule has 12 aromatic rings. The first-order chi connectivity index (χ1) is 28.2. The molecule has 8 aromatic carbocycles. The van der Waals surface area contributed by atoms with Crippen molar-refractivity contribution in [2.75, 3.05) is 0 Å². The van der Waals surface area contributed by atoms with Gasteiger partial charge in [-0.05, 0) is 77.9 Å². The van der Waals surface area contributed by atoms with E-state index in [1.807, 2.05) is 66.7 Å². The second-order valence-corrected chi connectivity index (χ2v) is 14.4. The minimum absolute atomic E-state index is 0.592. The Balaban J connectivity index is 1.04. The van der Waals surface area contributed by atoms with Crippen LogP contribution < -0.4 is 0 Å². The Kier molecular flexibility index (Phi) is 6.83. The maximum absolute atomic E-state index is 6.35. The van der Waals surface area contributed by atoms with Crippen LogP contribution in [0, 0.1) is 0 Å². The van der Waals surface area contributed by atoms with Gasteiger partial charge in [-0.1, -0.05) is 115 Å². The average molecular weight is 731 g/mol. The summed E-state index contributed by atoms with van der Waals surface area (Å²) in [7, 11) is 0. The molecule has 0 bridgehead atoms. The van der Waals surface area contributed by atoms with Gasteiger partial charge in [0.15, 0.2) is 17.5 Å². The summed E-state index contributed by atoms with van der Waals surface area (Å²) in [6.07, 6.45) is 0. The van der Waals surface area contributed by atoms with Gasteiger partial charge in [-0.25, -0.2) is 15.0 Å². The van der Waals surface area contributed by atoms with Gasteiger partial charge < -0.3 is 13.4 Å². The Hall–Kier alpha value is -7.83. The van der Waals surface area contributed by atoms with E-state index in [2.05, 4.69) is 120 Å². The molecule has 0 aliphatic rings. The molecule has 12 rings (SSSR count). The zero-order valence-electron chi connectivity index (χ0n) is 30.4.